The number of aliphatic hydroxyl groups excluding tert-OH is 1. The summed E-state index contributed by atoms with van der Waals surface area (Å²) >= 11 is 1.39. The van der Waals surface area contributed by atoms with E-state index in [1.165, 1.54) is 25.2 Å². The van der Waals surface area contributed by atoms with E-state index in [2.05, 4.69) is 10.2 Å². The van der Waals surface area contributed by atoms with Gasteiger partial charge in [-0.3, -0.25) is 4.79 Å². The summed E-state index contributed by atoms with van der Waals surface area (Å²) in [5, 5.41) is 17.7. The molecule has 0 aliphatic heterocycles. The number of hydrogen-bond donors (Lipinski definition) is 1. The van der Waals surface area contributed by atoms with Gasteiger partial charge in [0.25, 0.3) is 0 Å². The Kier molecular flexibility index (Phi) is 5.07. The van der Waals surface area contributed by atoms with Crippen LogP contribution >= 0.6 is 11.3 Å². The number of esters is 1. The number of carbonyl (C=O) groups excluding carboxylic acids is 2. The molecule has 7 heteroatoms. The van der Waals surface area contributed by atoms with E-state index in [1.54, 1.807) is 6.92 Å². The van der Waals surface area contributed by atoms with Gasteiger partial charge in [-0.1, -0.05) is 0 Å². The van der Waals surface area contributed by atoms with Crippen molar-refractivity contribution in [1.29, 1.82) is 0 Å². The molecule has 6 nitrogen and oxygen atoms in total. The van der Waals surface area contributed by atoms with Crippen LogP contribution in [0.15, 0.2) is 21.7 Å². The summed E-state index contributed by atoms with van der Waals surface area (Å²) in [7, 11) is 0. The SMILES string of the molecule is CCOC(=O)c1c(N=NC(C(C)=O)=C(C)O)sc2c1CCC2. The highest BCUT2D eigenvalue weighted by Gasteiger charge is 2.27. The fourth-order valence-electron chi connectivity index (χ4n) is 2.37. The Morgan fingerprint density at radius 1 is 1.32 bits per heavy atom. The third-order valence-electron chi connectivity index (χ3n) is 3.30. The molecule has 0 radical (unpaired) electrons. The second kappa shape index (κ2) is 6.83. The van der Waals surface area contributed by atoms with E-state index in [9.17, 15) is 14.7 Å². The summed E-state index contributed by atoms with van der Waals surface area (Å²) in [6, 6.07) is 0. The number of hydrogen-bond acceptors (Lipinski definition) is 7. The van der Waals surface area contributed by atoms with Gasteiger partial charge >= 0.3 is 5.97 Å². The first-order chi connectivity index (χ1) is 10.5. The maximum Gasteiger partial charge on any atom is 0.341 e. The Balaban J connectivity index is 2.42. The second-order valence-electron chi connectivity index (χ2n) is 4.95. The number of aryl methyl sites for hydroxylation is 1. The lowest BCUT2D eigenvalue weighted by Gasteiger charge is -2.03. The molecular weight excluding hydrogens is 304 g/mol. The zero-order chi connectivity index (χ0) is 16.3. The molecule has 0 saturated heterocycles. The zero-order valence-electron chi connectivity index (χ0n) is 12.8. The van der Waals surface area contributed by atoms with Crippen LogP contribution in [-0.2, 0) is 22.4 Å². The molecule has 1 aliphatic carbocycles. The van der Waals surface area contributed by atoms with E-state index in [4.69, 9.17) is 4.74 Å². The number of aliphatic hydroxyl groups is 1. The Morgan fingerprint density at radius 2 is 2.05 bits per heavy atom. The number of carbonyl (C=O) groups is 2. The third-order valence-corrected chi connectivity index (χ3v) is 4.48. The molecular formula is C15H18N2O4S. The van der Waals surface area contributed by atoms with E-state index >= 15 is 0 Å². The van der Waals surface area contributed by atoms with Gasteiger partial charge in [0.05, 0.1) is 6.61 Å². The molecule has 0 saturated carbocycles. The van der Waals surface area contributed by atoms with Crippen LogP contribution in [0.2, 0.25) is 0 Å². The minimum absolute atomic E-state index is 0.108. The monoisotopic (exact) mass is 322 g/mol. The summed E-state index contributed by atoms with van der Waals surface area (Å²) < 4.78 is 5.09. The number of thiophene rings is 1. The number of ketones is 1. The molecule has 0 aromatic carbocycles. The lowest BCUT2D eigenvalue weighted by molar-refractivity contribution is -0.113. The molecule has 0 atom stereocenters. The van der Waals surface area contributed by atoms with E-state index < -0.39 is 5.97 Å². The first kappa shape index (κ1) is 16.4. The van der Waals surface area contributed by atoms with Crippen molar-refractivity contribution >= 4 is 28.1 Å². The van der Waals surface area contributed by atoms with Crippen molar-refractivity contribution in [2.45, 2.75) is 40.0 Å². The lowest BCUT2D eigenvalue weighted by Crippen LogP contribution is -2.06. The standard InChI is InChI=1S/C15H18N2O4S/c1-4-21-15(20)12-10-6-5-7-11(10)22-14(12)17-16-13(8(2)18)9(3)19/h18H,4-7H2,1-3H3. The number of ether oxygens (including phenoxy) is 1. The van der Waals surface area contributed by atoms with Crippen molar-refractivity contribution in [3.63, 3.8) is 0 Å². The van der Waals surface area contributed by atoms with Gasteiger partial charge in [-0.2, -0.15) is 0 Å². The van der Waals surface area contributed by atoms with Gasteiger partial charge in [-0.25, -0.2) is 4.79 Å². The van der Waals surface area contributed by atoms with Crippen LogP contribution in [0.25, 0.3) is 0 Å². The van der Waals surface area contributed by atoms with E-state index in [1.807, 2.05) is 0 Å². The third kappa shape index (κ3) is 3.24. The lowest BCUT2D eigenvalue weighted by atomic mass is 10.1. The Bertz CT molecular complexity index is 669. The largest absolute Gasteiger partial charge is 0.510 e. The summed E-state index contributed by atoms with van der Waals surface area (Å²) in [5.41, 5.74) is 1.32. The molecule has 0 spiro atoms. The highest BCUT2D eigenvalue weighted by Crippen LogP contribution is 2.41. The Hall–Kier alpha value is -2.02. The Morgan fingerprint density at radius 3 is 2.64 bits per heavy atom. The molecule has 118 valence electrons. The highest BCUT2D eigenvalue weighted by atomic mass is 32.1. The van der Waals surface area contributed by atoms with Crippen molar-refractivity contribution in [3.8, 4) is 0 Å². The van der Waals surface area contributed by atoms with Crippen molar-refractivity contribution in [2.75, 3.05) is 6.61 Å². The Labute approximate surface area is 132 Å². The first-order valence-electron chi connectivity index (χ1n) is 7.09. The average Bonchev–Trinajstić information content (AvgIpc) is 2.98. The number of nitrogens with zero attached hydrogens (tertiary/aromatic N) is 2. The fraction of sp³-hybridized carbons (Fsp3) is 0.467. The van der Waals surface area contributed by atoms with Gasteiger partial charge in [-0.15, -0.1) is 21.6 Å². The van der Waals surface area contributed by atoms with Gasteiger partial charge in [0, 0.05) is 11.8 Å². The van der Waals surface area contributed by atoms with Crippen LogP contribution in [0.1, 0.15) is 48.0 Å². The van der Waals surface area contributed by atoms with Gasteiger partial charge < -0.3 is 9.84 Å². The maximum absolute atomic E-state index is 12.2. The van der Waals surface area contributed by atoms with Crippen LogP contribution in [0.4, 0.5) is 5.00 Å². The molecule has 0 bridgehead atoms. The highest BCUT2D eigenvalue weighted by molar-refractivity contribution is 7.16. The van der Waals surface area contributed by atoms with Gasteiger partial charge in [0.1, 0.15) is 11.3 Å². The summed E-state index contributed by atoms with van der Waals surface area (Å²) in [4.78, 5) is 24.7. The van der Waals surface area contributed by atoms with Gasteiger partial charge in [-0.05, 0) is 38.7 Å². The molecule has 1 aliphatic rings. The first-order valence-corrected chi connectivity index (χ1v) is 7.91. The van der Waals surface area contributed by atoms with Gasteiger partial charge in [0.15, 0.2) is 16.5 Å². The predicted octanol–water partition coefficient (Wildman–Crippen LogP) is 3.88. The average molecular weight is 322 g/mol. The number of rotatable bonds is 5. The molecule has 2 rings (SSSR count). The summed E-state index contributed by atoms with van der Waals surface area (Å²) in [6.45, 7) is 4.71. The molecule has 1 aromatic rings. The smallest absolute Gasteiger partial charge is 0.341 e. The van der Waals surface area contributed by atoms with Crippen molar-refractivity contribution < 1.29 is 19.4 Å². The predicted molar refractivity (Wildman–Crippen MR) is 82.8 cm³/mol. The molecule has 1 aromatic heterocycles. The van der Waals surface area contributed by atoms with Crippen molar-refractivity contribution in [3.05, 3.63) is 27.5 Å². The van der Waals surface area contributed by atoms with Crippen LogP contribution in [0, 0.1) is 0 Å². The molecule has 1 heterocycles. The van der Waals surface area contributed by atoms with E-state index in [0.29, 0.717) is 10.6 Å². The fourth-order valence-corrected chi connectivity index (χ4v) is 3.56. The number of Topliss-reactive ketones (excluding diaryl/α,β-unsaturated/α-hetero) is 1. The minimum Gasteiger partial charge on any atom is -0.510 e. The summed E-state index contributed by atoms with van der Waals surface area (Å²) in [6.07, 6.45) is 2.75. The zero-order valence-corrected chi connectivity index (χ0v) is 13.6. The molecule has 0 fully saturated rings. The van der Waals surface area contributed by atoms with Crippen molar-refractivity contribution in [1.82, 2.24) is 0 Å². The molecule has 0 amide bonds. The van der Waals surface area contributed by atoms with Crippen LogP contribution in [0.3, 0.4) is 0 Å². The topological polar surface area (TPSA) is 88.3 Å². The van der Waals surface area contributed by atoms with Gasteiger partial charge in [0.2, 0.25) is 0 Å². The minimum atomic E-state index is -0.412. The normalized spacial score (nSPS) is 14.9. The molecule has 22 heavy (non-hydrogen) atoms. The molecule has 1 N–H and O–H groups in total. The quantitative estimate of drug-likeness (QED) is 0.386. The van der Waals surface area contributed by atoms with E-state index in [-0.39, 0.29) is 23.8 Å². The van der Waals surface area contributed by atoms with Crippen molar-refractivity contribution in [2.24, 2.45) is 10.2 Å². The maximum atomic E-state index is 12.2. The van der Waals surface area contributed by atoms with Crippen LogP contribution < -0.4 is 0 Å². The van der Waals surface area contributed by atoms with Crippen LogP contribution in [0.5, 0.6) is 0 Å². The number of azo groups is 1. The number of fused-ring (bicyclic) bond motifs is 1. The van der Waals surface area contributed by atoms with E-state index in [0.717, 1.165) is 29.7 Å². The van der Waals surface area contributed by atoms with Crippen LogP contribution in [-0.4, -0.2) is 23.5 Å². The summed E-state index contributed by atoms with van der Waals surface area (Å²) in [5.74, 6) is -0.992. The second-order valence-corrected chi connectivity index (χ2v) is 6.03. The number of allylic oxidation sites excluding steroid dienone is 2. The molecule has 0 unspecified atom stereocenters.